The van der Waals surface area contributed by atoms with E-state index in [0.717, 1.165) is 12.0 Å². The van der Waals surface area contributed by atoms with Crippen LogP contribution < -0.4 is 16.0 Å². The van der Waals surface area contributed by atoms with Crippen molar-refractivity contribution in [3.63, 3.8) is 0 Å². The predicted octanol–water partition coefficient (Wildman–Crippen LogP) is 3.04. The normalized spacial score (nSPS) is 10.2. The molecule has 0 unspecified atom stereocenters. The highest BCUT2D eigenvalue weighted by Gasteiger charge is 2.13. The molecule has 2 aromatic carbocycles. The van der Waals surface area contributed by atoms with Crippen LogP contribution >= 0.6 is 23.2 Å². The maximum Gasteiger partial charge on any atom is 0.253 e. The molecule has 2 aromatic rings. The van der Waals surface area contributed by atoms with Gasteiger partial charge < -0.3 is 16.0 Å². The Balaban J connectivity index is 1.78. The molecule has 0 heterocycles. The van der Waals surface area contributed by atoms with Gasteiger partial charge in [0.25, 0.3) is 5.91 Å². The van der Waals surface area contributed by atoms with Gasteiger partial charge in [-0.1, -0.05) is 48.3 Å². The number of anilines is 1. The molecule has 3 amide bonds. The Labute approximate surface area is 167 Å². The van der Waals surface area contributed by atoms with Crippen LogP contribution in [0.1, 0.15) is 22.8 Å². The molecule has 0 fully saturated rings. The number of para-hydroxylation sites is 1. The zero-order valence-electron chi connectivity index (χ0n) is 14.6. The van der Waals surface area contributed by atoms with Crippen molar-refractivity contribution in [2.45, 2.75) is 13.3 Å². The molecule has 0 aromatic heterocycles. The van der Waals surface area contributed by atoms with E-state index in [4.69, 9.17) is 23.2 Å². The van der Waals surface area contributed by atoms with Crippen LogP contribution in [0.15, 0.2) is 42.5 Å². The number of rotatable bonds is 7. The van der Waals surface area contributed by atoms with Crippen molar-refractivity contribution < 1.29 is 14.4 Å². The molecule has 0 aliphatic rings. The summed E-state index contributed by atoms with van der Waals surface area (Å²) in [4.78, 5) is 35.8. The van der Waals surface area contributed by atoms with Crippen molar-refractivity contribution >= 4 is 46.6 Å². The molecule has 3 N–H and O–H groups in total. The van der Waals surface area contributed by atoms with Crippen LogP contribution in [-0.4, -0.2) is 30.8 Å². The second-order valence-corrected chi connectivity index (χ2v) is 6.49. The maximum atomic E-state index is 12.0. The van der Waals surface area contributed by atoms with Crippen molar-refractivity contribution in [2.75, 3.05) is 18.4 Å². The lowest BCUT2D eigenvalue weighted by molar-refractivity contribution is -0.123. The van der Waals surface area contributed by atoms with Crippen molar-refractivity contribution in [3.8, 4) is 0 Å². The van der Waals surface area contributed by atoms with Crippen LogP contribution in [0.2, 0.25) is 10.0 Å². The largest absolute Gasteiger partial charge is 0.345 e. The fraction of sp³-hybridized carbons (Fsp3) is 0.211. The second-order valence-electron chi connectivity index (χ2n) is 5.64. The maximum absolute atomic E-state index is 12.0. The molecule has 0 spiro atoms. The summed E-state index contributed by atoms with van der Waals surface area (Å²) < 4.78 is 0. The molecule has 6 nitrogen and oxygen atoms in total. The minimum atomic E-state index is -0.506. The van der Waals surface area contributed by atoms with Gasteiger partial charge in [0.1, 0.15) is 0 Å². The first kappa shape index (κ1) is 20.7. The van der Waals surface area contributed by atoms with E-state index in [1.165, 1.54) is 18.2 Å². The molecule has 8 heteroatoms. The summed E-state index contributed by atoms with van der Waals surface area (Å²) in [5.74, 6) is -1.35. The molecule has 0 saturated carbocycles. The molecule has 0 aliphatic carbocycles. The zero-order valence-corrected chi connectivity index (χ0v) is 16.2. The van der Waals surface area contributed by atoms with E-state index in [0.29, 0.717) is 10.7 Å². The predicted molar refractivity (Wildman–Crippen MR) is 106 cm³/mol. The number of halogens is 2. The van der Waals surface area contributed by atoms with Gasteiger partial charge in [0.05, 0.1) is 23.7 Å². The number of benzene rings is 2. The number of nitrogens with one attached hydrogen (secondary N) is 3. The lowest BCUT2D eigenvalue weighted by atomic mass is 10.1. The van der Waals surface area contributed by atoms with Gasteiger partial charge in [-0.25, -0.2) is 0 Å². The second kappa shape index (κ2) is 9.94. The molecular weight excluding hydrogens is 389 g/mol. The number of hydrogen-bond donors (Lipinski definition) is 3. The molecule has 142 valence electrons. The third-order valence-corrected chi connectivity index (χ3v) is 4.25. The monoisotopic (exact) mass is 407 g/mol. The number of aryl methyl sites for hydroxylation is 1. The summed E-state index contributed by atoms with van der Waals surface area (Å²) in [5.41, 5.74) is 1.93. The standard InChI is InChI=1S/C19H19Cl2N3O3/c1-2-12-5-3-4-6-16(12)24-18(26)11-22-17(25)10-23-19(27)14-8-7-13(20)9-15(14)21/h3-9H,2,10-11H2,1H3,(H,22,25)(H,23,27)(H,24,26). The number of hydrogen-bond acceptors (Lipinski definition) is 3. The SMILES string of the molecule is CCc1ccccc1NC(=O)CNC(=O)CNC(=O)c1ccc(Cl)cc1Cl. The molecule has 0 bridgehead atoms. The average Bonchev–Trinajstić information content (AvgIpc) is 2.65. The van der Waals surface area contributed by atoms with Gasteiger partial charge in [-0.05, 0) is 36.2 Å². The first-order valence-electron chi connectivity index (χ1n) is 8.28. The highest BCUT2D eigenvalue weighted by molar-refractivity contribution is 6.36. The quantitative estimate of drug-likeness (QED) is 0.658. The summed E-state index contributed by atoms with van der Waals surface area (Å²) in [5, 5.41) is 8.24. The lowest BCUT2D eigenvalue weighted by Gasteiger charge is -2.11. The molecule has 0 saturated heterocycles. The Morgan fingerprint density at radius 3 is 2.33 bits per heavy atom. The van der Waals surface area contributed by atoms with Crippen molar-refractivity contribution in [3.05, 3.63) is 63.6 Å². The lowest BCUT2D eigenvalue weighted by Crippen LogP contribution is -2.40. The number of amides is 3. The first-order chi connectivity index (χ1) is 12.9. The Morgan fingerprint density at radius 2 is 1.63 bits per heavy atom. The van der Waals surface area contributed by atoms with E-state index in [9.17, 15) is 14.4 Å². The Bertz CT molecular complexity index is 856. The summed E-state index contributed by atoms with van der Waals surface area (Å²) in [6, 6.07) is 11.9. The van der Waals surface area contributed by atoms with Gasteiger partial charge in [-0.2, -0.15) is 0 Å². The van der Waals surface area contributed by atoms with Gasteiger partial charge in [-0.15, -0.1) is 0 Å². The fourth-order valence-electron chi connectivity index (χ4n) is 2.32. The third-order valence-electron chi connectivity index (χ3n) is 3.70. The zero-order chi connectivity index (χ0) is 19.8. The average molecular weight is 408 g/mol. The summed E-state index contributed by atoms with van der Waals surface area (Å²) >= 11 is 11.7. The van der Waals surface area contributed by atoms with E-state index in [1.54, 1.807) is 6.07 Å². The minimum Gasteiger partial charge on any atom is -0.345 e. The summed E-state index contributed by atoms with van der Waals surface area (Å²) in [6.45, 7) is 1.51. The van der Waals surface area contributed by atoms with Gasteiger partial charge in [0.15, 0.2) is 0 Å². The topological polar surface area (TPSA) is 87.3 Å². The van der Waals surface area contributed by atoms with Crippen LogP contribution in [-0.2, 0) is 16.0 Å². The molecular formula is C19H19Cl2N3O3. The smallest absolute Gasteiger partial charge is 0.253 e. The van der Waals surface area contributed by atoms with Crippen LogP contribution in [0.4, 0.5) is 5.69 Å². The van der Waals surface area contributed by atoms with E-state index in [-0.39, 0.29) is 29.6 Å². The van der Waals surface area contributed by atoms with Crippen molar-refractivity contribution in [2.24, 2.45) is 0 Å². The van der Waals surface area contributed by atoms with Gasteiger partial charge in [0, 0.05) is 10.7 Å². The minimum absolute atomic E-state index is 0.189. The number of carbonyl (C=O) groups is 3. The van der Waals surface area contributed by atoms with Crippen LogP contribution in [0.5, 0.6) is 0 Å². The summed E-state index contributed by atoms with van der Waals surface area (Å²) in [6.07, 6.45) is 0.780. The Morgan fingerprint density at radius 1 is 0.926 bits per heavy atom. The third kappa shape index (κ3) is 6.27. The molecule has 0 atom stereocenters. The van der Waals surface area contributed by atoms with Crippen molar-refractivity contribution in [1.82, 2.24) is 10.6 Å². The van der Waals surface area contributed by atoms with E-state index >= 15 is 0 Å². The molecule has 0 radical (unpaired) electrons. The van der Waals surface area contributed by atoms with E-state index in [1.807, 2.05) is 25.1 Å². The van der Waals surface area contributed by atoms with E-state index in [2.05, 4.69) is 16.0 Å². The van der Waals surface area contributed by atoms with E-state index < -0.39 is 11.8 Å². The first-order valence-corrected chi connectivity index (χ1v) is 9.04. The van der Waals surface area contributed by atoms with Gasteiger partial charge in [-0.3, -0.25) is 14.4 Å². The Hall–Kier alpha value is -2.57. The fourth-order valence-corrected chi connectivity index (χ4v) is 2.81. The van der Waals surface area contributed by atoms with Crippen molar-refractivity contribution in [1.29, 1.82) is 0 Å². The molecule has 0 aliphatic heterocycles. The van der Waals surface area contributed by atoms with Gasteiger partial charge >= 0.3 is 0 Å². The van der Waals surface area contributed by atoms with Crippen LogP contribution in [0, 0.1) is 0 Å². The Kier molecular flexibility index (Phi) is 7.64. The number of carbonyl (C=O) groups excluding carboxylic acids is 3. The summed E-state index contributed by atoms with van der Waals surface area (Å²) in [7, 11) is 0. The van der Waals surface area contributed by atoms with Crippen LogP contribution in [0.25, 0.3) is 0 Å². The van der Waals surface area contributed by atoms with Crippen LogP contribution in [0.3, 0.4) is 0 Å². The highest BCUT2D eigenvalue weighted by atomic mass is 35.5. The highest BCUT2D eigenvalue weighted by Crippen LogP contribution is 2.20. The van der Waals surface area contributed by atoms with Gasteiger partial charge in [0.2, 0.25) is 11.8 Å². The molecule has 2 rings (SSSR count). The molecule has 27 heavy (non-hydrogen) atoms.